The van der Waals surface area contributed by atoms with Crippen molar-refractivity contribution in [2.75, 3.05) is 4.90 Å². The summed E-state index contributed by atoms with van der Waals surface area (Å²) in [5.41, 5.74) is 0.346. The van der Waals surface area contributed by atoms with Gasteiger partial charge in [0.15, 0.2) is 0 Å². The number of imide groups is 1. The second kappa shape index (κ2) is 4.33. The molecular weight excluding hydrogens is 341 g/mol. The van der Waals surface area contributed by atoms with Gasteiger partial charge in [0.05, 0.1) is 11.1 Å². The maximum Gasteiger partial charge on any atom is 0.240 e. The van der Waals surface area contributed by atoms with E-state index in [1.807, 2.05) is 24.3 Å². The zero-order valence-corrected chi connectivity index (χ0v) is 12.1. The summed E-state index contributed by atoms with van der Waals surface area (Å²) in [6, 6.07) is 7.58. The molecule has 1 aliphatic heterocycles. The molecule has 18 heavy (non-hydrogen) atoms. The second-order valence-electron chi connectivity index (χ2n) is 5.18. The third-order valence-electron chi connectivity index (χ3n) is 4.02. The number of rotatable bonds is 1. The highest BCUT2D eigenvalue weighted by atomic mass is 127. The summed E-state index contributed by atoms with van der Waals surface area (Å²) in [7, 11) is 0. The highest BCUT2D eigenvalue weighted by Gasteiger charge is 2.52. The van der Waals surface area contributed by atoms with E-state index in [1.165, 1.54) is 4.90 Å². The normalized spacial score (nSPS) is 22.2. The predicted molar refractivity (Wildman–Crippen MR) is 77.2 cm³/mol. The van der Waals surface area contributed by atoms with Crippen molar-refractivity contribution in [3.05, 3.63) is 27.8 Å². The first kappa shape index (κ1) is 12.1. The first-order valence-electron chi connectivity index (χ1n) is 6.25. The molecule has 2 amide bonds. The molecule has 2 fully saturated rings. The molecule has 1 aliphatic carbocycles. The van der Waals surface area contributed by atoms with E-state index in [1.54, 1.807) is 0 Å². The summed E-state index contributed by atoms with van der Waals surface area (Å²) in [5.74, 6) is -0.0177. The van der Waals surface area contributed by atoms with Crippen LogP contribution >= 0.6 is 22.6 Å². The van der Waals surface area contributed by atoms with E-state index in [4.69, 9.17) is 0 Å². The molecule has 1 saturated heterocycles. The van der Waals surface area contributed by atoms with Gasteiger partial charge < -0.3 is 0 Å². The molecule has 0 radical (unpaired) electrons. The monoisotopic (exact) mass is 355 g/mol. The minimum atomic E-state index is -0.377. The van der Waals surface area contributed by atoms with Crippen LogP contribution in [0.5, 0.6) is 0 Å². The minimum absolute atomic E-state index is 0.0204. The van der Waals surface area contributed by atoms with Gasteiger partial charge in [-0.2, -0.15) is 0 Å². The van der Waals surface area contributed by atoms with Crippen LogP contribution in [-0.2, 0) is 9.59 Å². The summed E-state index contributed by atoms with van der Waals surface area (Å²) in [6.07, 6.45) is 4.28. The van der Waals surface area contributed by atoms with Crippen molar-refractivity contribution >= 4 is 40.1 Å². The van der Waals surface area contributed by atoms with E-state index in [0.29, 0.717) is 6.42 Å². The Morgan fingerprint density at radius 1 is 1.17 bits per heavy atom. The van der Waals surface area contributed by atoms with Crippen molar-refractivity contribution in [1.82, 2.24) is 0 Å². The summed E-state index contributed by atoms with van der Waals surface area (Å²) in [6.45, 7) is 0. The lowest BCUT2D eigenvalue weighted by atomic mass is 9.84. The van der Waals surface area contributed by atoms with Crippen molar-refractivity contribution in [3.63, 3.8) is 0 Å². The van der Waals surface area contributed by atoms with E-state index < -0.39 is 0 Å². The van der Waals surface area contributed by atoms with E-state index in [0.717, 1.165) is 34.9 Å². The lowest BCUT2D eigenvalue weighted by molar-refractivity contribution is -0.125. The molecule has 0 atom stereocenters. The molecule has 94 valence electrons. The van der Waals surface area contributed by atoms with Gasteiger partial charge in [-0.25, -0.2) is 0 Å². The summed E-state index contributed by atoms with van der Waals surface area (Å²) < 4.78 is 1.04. The van der Waals surface area contributed by atoms with Crippen LogP contribution in [0.3, 0.4) is 0 Å². The molecule has 2 aliphatic rings. The highest BCUT2D eigenvalue weighted by Crippen LogP contribution is 2.47. The number of nitrogens with zero attached hydrogens (tertiary/aromatic N) is 1. The highest BCUT2D eigenvalue weighted by molar-refractivity contribution is 14.1. The smallest absolute Gasteiger partial charge is 0.240 e. The fourth-order valence-corrected chi connectivity index (χ4v) is 3.64. The molecule has 3 nitrogen and oxygen atoms in total. The van der Waals surface area contributed by atoms with Crippen molar-refractivity contribution in [1.29, 1.82) is 0 Å². The van der Waals surface area contributed by atoms with E-state index in [9.17, 15) is 9.59 Å². The van der Waals surface area contributed by atoms with E-state index in [-0.39, 0.29) is 17.2 Å². The SMILES string of the molecule is O=C1CC2(CCCC2)C(=O)N1c1cccc(I)c1. The van der Waals surface area contributed by atoms with Gasteiger partial charge in [-0.3, -0.25) is 14.5 Å². The molecule has 1 aromatic carbocycles. The van der Waals surface area contributed by atoms with Gasteiger partial charge >= 0.3 is 0 Å². The summed E-state index contributed by atoms with van der Waals surface area (Å²) in [4.78, 5) is 26.1. The number of hydrogen-bond donors (Lipinski definition) is 0. The molecule has 1 aromatic rings. The molecular formula is C14H14INO2. The van der Waals surface area contributed by atoms with Crippen LogP contribution in [0.15, 0.2) is 24.3 Å². The van der Waals surface area contributed by atoms with Crippen molar-refractivity contribution < 1.29 is 9.59 Å². The Hall–Kier alpha value is -0.910. The van der Waals surface area contributed by atoms with E-state index >= 15 is 0 Å². The Morgan fingerprint density at radius 3 is 2.56 bits per heavy atom. The van der Waals surface area contributed by atoms with Gasteiger partial charge in [-0.05, 0) is 53.6 Å². The average Bonchev–Trinajstić information content (AvgIpc) is 2.87. The number of amides is 2. The lowest BCUT2D eigenvalue weighted by Crippen LogP contribution is -2.34. The minimum Gasteiger partial charge on any atom is -0.274 e. The Kier molecular flexibility index (Phi) is 2.92. The fourth-order valence-electron chi connectivity index (χ4n) is 3.11. The predicted octanol–water partition coefficient (Wildman–Crippen LogP) is 3.11. The maximum atomic E-state index is 12.6. The Bertz CT molecular complexity index is 520. The summed E-state index contributed by atoms with van der Waals surface area (Å²) >= 11 is 2.20. The Balaban J connectivity index is 1.98. The first-order chi connectivity index (χ1) is 8.62. The van der Waals surface area contributed by atoms with Crippen molar-refractivity contribution in [3.8, 4) is 0 Å². The quantitative estimate of drug-likeness (QED) is 0.574. The van der Waals surface area contributed by atoms with Crippen LogP contribution in [0.2, 0.25) is 0 Å². The van der Waals surface area contributed by atoms with Gasteiger partial charge in [-0.15, -0.1) is 0 Å². The summed E-state index contributed by atoms with van der Waals surface area (Å²) in [5, 5.41) is 0. The third-order valence-corrected chi connectivity index (χ3v) is 4.69. The fraction of sp³-hybridized carbons (Fsp3) is 0.429. The average molecular weight is 355 g/mol. The van der Waals surface area contributed by atoms with Crippen LogP contribution in [0.1, 0.15) is 32.1 Å². The van der Waals surface area contributed by atoms with E-state index in [2.05, 4.69) is 22.6 Å². The number of carbonyl (C=O) groups is 2. The van der Waals surface area contributed by atoms with Crippen molar-refractivity contribution in [2.24, 2.45) is 5.41 Å². The molecule has 4 heteroatoms. The van der Waals surface area contributed by atoms with Crippen LogP contribution in [0.25, 0.3) is 0 Å². The molecule has 1 spiro atoms. The van der Waals surface area contributed by atoms with Gasteiger partial charge in [0.25, 0.3) is 0 Å². The standard InChI is InChI=1S/C14H14INO2/c15-10-4-3-5-11(8-10)16-12(17)9-14(13(16)18)6-1-2-7-14/h3-5,8H,1-2,6-7,9H2. The van der Waals surface area contributed by atoms with Gasteiger partial charge in [0.2, 0.25) is 11.8 Å². The molecule has 1 saturated carbocycles. The van der Waals surface area contributed by atoms with Gasteiger partial charge in [-0.1, -0.05) is 18.9 Å². The molecule has 0 unspecified atom stereocenters. The molecule has 0 aromatic heterocycles. The number of carbonyl (C=O) groups excluding carboxylic acids is 2. The topological polar surface area (TPSA) is 37.4 Å². The molecule has 0 N–H and O–H groups in total. The zero-order valence-electron chi connectivity index (χ0n) is 9.99. The van der Waals surface area contributed by atoms with Crippen LogP contribution < -0.4 is 4.90 Å². The van der Waals surface area contributed by atoms with Crippen LogP contribution in [0.4, 0.5) is 5.69 Å². The third kappa shape index (κ3) is 1.77. The Morgan fingerprint density at radius 2 is 1.89 bits per heavy atom. The number of halogens is 1. The van der Waals surface area contributed by atoms with Gasteiger partial charge in [0.1, 0.15) is 0 Å². The Labute approximate surface area is 120 Å². The number of anilines is 1. The lowest BCUT2D eigenvalue weighted by Gasteiger charge is -2.21. The maximum absolute atomic E-state index is 12.6. The van der Waals surface area contributed by atoms with Crippen molar-refractivity contribution in [2.45, 2.75) is 32.1 Å². The zero-order chi connectivity index (χ0) is 12.8. The molecule has 3 rings (SSSR count). The largest absolute Gasteiger partial charge is 0.274 e. The second-order valence-corrected chi connectivity index (χ2v) is 6.42. The van der Waals surface area contributed by atoms with Crippen LogP contribution in [0, 0.1) is 8.99 Å². The van der Waals surface area contributed by atoms with Gasteiger partial charge in [0, 0.05) is 9.99 Å². The number of benzene rings is 1. The molecule has 1 heterocycles. The number of hydrogen-bond acceptors (Lipinski definition) is 2. The first-order valence-corrected chi connectivity index (χ1v) is 7.33. The van der Waals surface area contributed by atoms with Crippen LogP contribution in [-0.4, -0.2) is 11.8 Å². The molecule has 0 bridgehead atoms.